The molecule has 100 valence electrons. The van der Waals surface area contributed by atoms with Gasteiger partial charge in [0.2, 0.25) is 5.91 Å². The molecule has 2 unspecified atom stereocenters. The van der Waals surface area contributed by atoms with E-state index in [1.54, 1.807) is 4.90 Å². The number of thioether (sulfide) groups is 1. The molecule has 6 nitrogen and oxygen atoms in total. The van der Waals surface area contributed by atoms with Crippen LogP contribution in [-0.4, -0.2) is 51.5 Å². The highest BCUT2D eigenvalue weighted by molar-refractivity contribution is 8.14. The molecule has 7 heteroatoms. The van der Waals surface area contributed by atoms with Crippen molar-refractivity contribution in [2.45, 2.75) is 31.8 Å². The minimum absolute atomic E-state index is 0.0376. The smallest absolute Gasteiger partial charge is 0.308 e. The molecule has 18 heavy (non-hydrogen) atoms. The number of nitrogens with zero attached hydrogens (tertiary/aromatic N) is 1. The van der Waals surface area contributed by atoms with Crippen LogP contribution in [0.1, 0.15) is 19.8 Å². The number of piperidine rings is 1. The normalized spacial score (nSPS) is 32.2. The van der Waals surface area contributed by atoms with Gasteiger partial charge in [-0.05, 0) is 19.8 Å². The molecule has 0 radical (unpaired) electrons. The zero-order valence-electron chi connectivity index (χ0n) is 10.1. The first-order valence-corrected chi connectivity index (χ1v) is 6.94. The Labute approximate surface area is 109 Å². The topological polar surface area (TPSA) is 86.7 Å². The third-order valence-corrected chi connectivity index (χ3v) is 4.37. The van der Waals surface area contributed by atoms with Crippen LogP contribution in [0.3, 0.4) is 0 Å². The van der Waals surface area contributed by atoms with E-state index in [2.05, 4.69) is 5.32 Å². The number of carbonyl (C=O) groups excluding carboxylic acids is 2. The summed E-state index contributed by atoms with van der Waals surface area (Å²) < 4.78 is 0. The van der Waals surface area contributed by atoms with Crippen molar-refractivity contribution in [3.05, 3.63) is 0 Å². The van der Waals surface area contributed by atoms with Crippen molar-refractivity contribution in [3.63, 3.8) is 0 Å². The monoisotopic (exact) mass is 272 g/mol. The molecule has 2 fully saturated rings. The predicted molar refractivity (Wildman–Crippen MR) is 66.3 cm³/mol. The van der Waals surface area contributed by atoms with Crippen LogP contribution in [0, 0.1) is 5.92 Å². The van der Waals surface area contributed by atoms with Crippen LogP contribution >= 0.6 is 11.8 Å². The Hall–Kier alpha value is -1.24. The summed E-state index contributed by atoms with van der Waals surface area (Å²) in [6, 6.07) is -0.465. The van der Waals surface area contributed by atoms with Gasteiger partial charge in [0.1, 0.15) is 6.04 Å². The van der Waals surface area contributed by atoms with E-state index in [1.807, 2.05) is 6.92 Å². The van der Waals surface area contributed by atoms with E-state index >= 15 is 0 Å². The maximum Gasteiger partial charge on any atom is 0.308 e. The van der Waals surface area contributed by atoms with Crippen LogP contribution in [0.15, 0.2) is 0 Å². The fraction of sp³-hybridized carbons (Fsp3) is 0.727. The summed E-state index contributed by atoms with van der Waals surface area (Å²) in [4.78, 5) is 35.9. The van der Waals surface area contributed by atoms with Crippen molar-refractivity contribution in [3.8, 4) is 0 Å². The van der Waals surface area contributed by atoms with Gasteiger partial charge in [0.05, 0.1) is 5.92 Å². The largest absolute Gasteiger partial charge is 0.481 e. The van der Waals surface area contributed by atoms with Gasteiger partial charge in [-0.15, -0.1) is 0 Å². The van der Waals surface area contributed by atoms with Crippen molar-refractivity contribution >= 4 is 28.9 Å². The summed E-state index contributed by atoms with van der Waals surface area (Å²) >= 11 is 1.09. The molecule has 2 heterocycles. The zero-order valence-corrected chi connectivity index (χ0v) is 10.9. The highest BCUT2D eigenvalue weighted by Crippen LogP contribution is 2.24. The molecular weight excluding hydrogens is 256 g/mol. The van der Waals surface area contributed by atoms with Gasteiger partial charge >= 0.3 is 5.97 Å². The second kappa shape index (κ2) is 5.17. The van der Waals surface area contributed by atoms with Gasteiger partial charge in [0.25, 0.3) is 5.24 Å². The highest BCUT2D eigenvalue weighted by atomic mass is 32.2. The van der Waals surface area contributed by atoms with Gasteiger partial charge in [-0.2, -0.15) is 0 Å². The summed E-state index contributed by atoms with van der Waals surface area (Å²) in [6.07, 6.45) is 1.29. The SMILES string of the molecule is CC1CCC(C(=O)O)CN1C(=O)[C@@H]1CSC(=O)N1. The molecule has 0 spiro atoms. The van der Waals surface area contributed by atoms with Gasteiger partial charge < -0.3 is 15.3 Å². The molecular formula is C11H16N2O4S. The molecule has 0 aromatic carbocycles. The van der Waals surface area contributed by atoms with E-state index in [9.17, 15) is 14.4 Å². The molecule has 2 amide bonds. The number of carboxylic acid groups (broad SMARTS) is 1. The molecule has 0 aromatic rings. The quantitative estimate of drug-likeness (QED) is 0.765. The Balaban J connectivity index is 2.03. The molecule has 2 N–H and O–H groups in total. The molecule has 2 aliphatic heterocycles. The summed E-state index contributed by atoms with van der Waals surface area (Å²) in [6.45, 7) is 2.16. The van der Waals surface area contributed by atoms with Gasteiger partial charge in [0.15, 0.2) is 0 Å². The maximum atomic E-state index is 12.2. The lowest BCUT2D eigenvalue weighted by Gasteiger charge is -2.37. The fourth-order valence-corrected chi connectivity index (χ4v) is 3.10. The van der Waals surface area contributed by atoms with Gasteiger partial charge in [-0.3, -0.25) is 14.4 Å². The molecule has 2 saturated heterocycles. The summed E-state index contributed by atoms with van der Waals surface area (Å²) in [7, 11) is 0. The van der Waals surface area contributed by atoms with E-state index in [-0.39, 0.29) is 23.7 Å². The molecule has 0 aliphatic carbocycles. The molecule has 3 atom stereocenters. The van der Waals surface area contributed by atoms with Crippen LogP contribution in [0.2, 0.25) is 0 Å². The van der Waals surface area contributed by atoms with Crippen LogP contribution in [0.5, 0.6) is 0 Å². The Bertz CT molecular complexity index is 387. The average Bonchev–Trinajstić information content (AvgIpc) is 2.75. The van der Waals surface area contributed by atoms with Gasteiger partial charge in [0, 0.05) is 18.3 Å². The first-order valence-electron chi connectivity index (χ1n) is 5.95. The van der Waals surface area contributed by atoms with Crippen LogP contribution in [-0.2, 0) is 9.59 Å². The second-order valence-electron chi connectivity index (χ2n) is 4.75. The lowest BCUT2D eigenvalue weighted by atomic mass is 9.93. The molecule has 0 saturated carbocycles. The number of likely N-dealkylation sites (tertiary alicyclic amines) is 1. The maximum absolute atomic E-state index is 12.2. The number of carboxylic acids is 1. The predicted octanol–water partition coefficient (Wildman–Crippen LogP) is 0.523. The molecule has 2 aliphatic rings. The Morgan fingerprint density at radius 2 is 2.17 bits per heavy atom. The number of amides is 2. The Morgan fingerprint density at radius 3 is 2.72 bits per heavy atom. The number of rotatable bonds is 2. The summed E-state index contributed by atoms with van der Waals surface area (Å²) in [5, 5.41) is 11.4. The lowest BCUT2D eigenvalue weighted by molar-refractivity contribution is -0.147. The standard InChI is InChI=1S/C11H16N2O4S/c1-6-2-3-7(10(15)16)4-13(6)9(14)8-5-18-11(17)12-8/h6-8H,2-5H2,1H3,(H,12,17)(H,15,16)/t6?,7?,8-/m0/s1. The number of nitrogens with one attached hydrogen (secondary N) is 1. The molecule has 2 rings (SSSR count). The summed E-state index contributed by atoms with van der Waals surface area (Å²) in [5.41, 5.74) is 0. The minimum atomic E-state index is -0.857. The highest BCUT2D eigenvalue weighted by Gasteiger charge is 2.37. The third kappa shape index (κ3) is 2.60. The number of hydrogen-bond acceptors (Lipinski definition) is 4. The lowest BCUT2D eigenvalue weighted by Crippen LogP contribution is -2.53. The van der Waals surface area contributed by atoms with E-state index in [0.29, 0.717) is 18.6 Å². The Morgan fingerprint density at radius 1 is 1.44 bits per heavy atom. The van der Waals surface area contributed by atoms with Crippen LogP contribution in [0.25, 0.3) is 0 Å². The van der Waals surface area contributed by atoms with E-state index < -0.39 is 17.9 Å². The summed E-state index contributed by atoms with van der Waals surface area (Å²) in [5.74, 6) is -1.08. The average molecular weight is 272 g/mol. The number of aliphatic carboxylic acids is 1. The van der Waals surface area contributed by atoms with Crippen molar-refractivity contribution in [1.29, 1.82) is 0 Å². The number of carbonyl (C=O) groups is 3. The van der Waals surface area contributed by atoms with Gasteiger partial charge in [-0.25, -0.2) is 0 Å². The molecule has 0 bridgehead atoms. The van der Waals surface area contributed by atoms with Crippen LogP contribution in [0.4, 0.5) is 4.79 Å². The first-order chi connectivity index (χ1) is 8.49. The van der Waals surface area contributed by atoms with E-state index in [0.717, 1.165) is 11.8 Å². The second-order valence-corrected chi connectivity index (χ2v) is 5.74. The molecule has 0 aromatic heterocycles. The van der Waals surface area contributed by atoms with Gasteiger partial charge in [-0.1, -0.05) is 11.8 Å². The Kier molecular flexibility index (Phi) is 3.79. The van der Waals surface area contributed by atoms with E-state index in [4.69, 9.17) is 5.11 Å². The number of hydrogen-bond donors (Lipinski definition) is 2. The minimum Gasteiger partial charge on any atom is -0.481 e. The van der Waals surface area contributed by atoms with Crippen molar-refractivity contribution < 1.29 is 19.5 Å². The van der Waals surface area contributed by atoms with Crippen molar-refractivity contribution in [2.75, 3.05) is 12.3 Å². The van der Waals surface area contributed by atoms with E-state index in [1.165, 1.54) is 0 Å². The fourth-order valence-electron chi connectivity index (χ4n) is 2.33. The zero-order chi connectivity index (χ0) is 13.3. The van der Waals surface area contributed by atoms with Crippen molar-refractivity contribution in [2.24, 2.45) is 5.92 Å². The van der Waals surface area contributed by atoms with Crippen LogP contribution < -0.4 is 5.32 Å². The third-order valence-electron chi connectivity index (χ3n) is 3.49. The first kappa shape index (κ1) is 13.2. The van der Waals surface area contributed by atoms with Crippen molar-refractivity contribution in [1.82, 2.24) is 10.2 Å².